The monoisotopic (exact) mass is 988 g/mol. The number of carbonyl (C=O) groups is 1. The molecule has 0 aliphatic carbocycles. The topological polar surface area (TPSA) is 95.9 Å². The Morgan fingerprint density at radius 2 is 0.771 bits per heavy atom. The number of rotatable bonds is 57. The normalized spacial score (nSPS) is 12.2. The molecule has 0 aromatic rings. The minimum Gasteiger partial charge on any atom is -0.499 e. The SMILES string of the molecule is C=C(CCC(OC/C=C\CCCCCC)OC/C=C\CCCCCC)OCCCCCCN(CCCCO)CCCCCCOC(=O)CCC(OC/C=C\CCCCCC)OC/C=C\CCCCCC. The number of hydrogen-bond donors (Lipinski definition) is 1. The van der Waals surface area contributed by atoms with Crippen LogP contribution in [0.25, 0.3) is 0 Å². The van der Waals surface area contributed by atoms with Gasteiger partial charge in [-0.1, -0.05) is 186 Å². The molecule has 0 rings (SSSR count). The van der Waals surface area contributed by atoms with Gasteiger partial charge in [-0.3, -0.25) is 4.79 Å². The summed E-state index contributed by atoms with van der Waals surface area (Å²) in [5.41, 5.74) is 0. The van der Waals surface area contributed by atoms with Gasteiger partial charge < -0.3 is 38.4 Å². The van der Waals surface area contributed by atoms with Gasteiger partial charge in [0.1, 0.15) is 0 Å². The van der Waals surface area contributed by atoms with Crippen molar-refractivity contribution in [2.24, 2.45) is 0 Å². The van der Waals surface area contributed by atoms with Crippen molar-refractivity contribution in [2.75, 3.05) is 65.9 Å². The van der Waals surface area contributed by atoms with Gasteiger partial charge in [-0.15, -0.1) is 0 Å². The fraction of sp³-hybridized carbons (Fsp3) is 0.820. The minimum absolute atomic E-state index is 0.180. The fourth-order valence-electron chi connectivity index (χ4n) is 8.01. The second-order valence-electron chi connectivity index (χ2n) is 19.3. The number of ether oxygens (including phenoxy) is 6. The summed E-state index contributed by atoms with van der Waals surface area (Å²) in [5.74, 6) is 0.627. The van der Waals surface area contributed by atoms with E-state index in [2.05, 4.69) is 87.8 Å². The van der Waals surface area contributed by atoms with E-state index in [9.17, 15) is 9.90 Å². The van der Waals surface area contributed by atoms with Crippen molar-refractivity contribution in [3.63, 3.8) is 0 Å². The molecule has 1 N–H and O–H groups in total. The van der Waals surface area contributed by atoms with Crippen LogP contribution in [0.2, 0.25) is 0 Å². The summed E-state index contributed by atoms with van der Waals surface area (Å²) < 4.78 is 36.0. The van der Waals surface area contributed by atoms with Gasteiger partial charge in [0.25, 0.3) is 0 Å². The molecule has 9 heteroatoms. The van der Waals surface area contributed by atoms with E-state index in [-0.39, 0.29) is 18.9 Å². The maximum atomic E-state index is 12.6. The van der Waals surface area contributed by atoms with Crippen LogP contribution >= 0.6 is 0 Å². The summed E-state index contributed by atoms with van der Waals surface area (Å²) in [6.07, 6.45) is 54.0. The summed E-state index contributed by atoms with van der Waals surface area (Å²) in [5, 5.41) is 9.39. The molecule has 0 amide bonds. The molecule has 0 bridgehead atoms. The number of aliphatic hydroxyl groups is 1. The third kappa shape index (κ3) is 52.1. The smallest absolute Gasteiger partial charge is 0.305 e. The highest BCUT2D eigenvalue weighted by atomic mass is 16.7. The molecule has 9 nitrogen and oxygen atoms in total. The van der Waals surface area contributed by atoms with Crippen molar-refractivity contribution in [2.45, 2.75) is 259 Å². The summed E-state index contributed by atoms with van der Waals surface area (Å²) >= 11 is 0. The number of nitrogens with zero attached hydrogens (tertiary/aromatic N) is 1. The summed E-state index contributed by atoms with van der Waals surface area (Å²) in [6, 6.07) is 0. The van der Waals surface area contributed by atoms with Gasteiger partial charge in [0.05, 0.1) is 51.8 Å². The van der Waals surface area contributed by atoms with Crippen molar-refractivity contribution in [3.05, 3.63) is 60.9 Å². The second-order valence-corrected chi connectivity index (χ2v) is 19.3. The van der Waals surface area contributed by atoms with Crippen molar-refractivity contribution in [1.82, 2.24) is 4.90 Å². The zero-order valence-electron chi connectivity index (χ0n) is 46.3. The standard InChI is InChI=1S/C61H113NO8/c1-6-10-14-18-22-28-40-54-67-60(68-55-41-29-23-19-15-11-7-2)46-44-58(5)65-52-38-32-26-34-48-62(50-36-37-51-63)49-35-27-33-39-53-66-59(64)45-47-61(69-56-42-30-24-20-16-12-8-3)70-57-43-31-25-21-17-13-9-4/h28-31,40-43,60-61,63H,5-27,32-39,44-57H2,1-4H3/b40-28-,41-29-,42-30-,43-31-. The Balaban J connectivity index is 4.48. The molecule has 0 radical (unpaired) electrons. The van der Waals surface area contributed by atoms with Crippen LogP contribution in [-0.2, 0) is 33.2 Å². The first kappa shape index (κ1) is 67.7. The molecule has 0 saturated carbocycles. The molecule has 0 aromatic heterocycles. The molecule has 0 fully saturated rings. The van der Waals surface area contributed by atoms with Crippen LogP contribution in [0, 0.1) is 0 Å². The number of allylic oxidation sites excluding steroid dienone is 5. The Kier molecular flexibility index (Phi) is 55.8. The zero-order chi connectivity index (χ0) is 50.9. The van der Waals surface area contributed by atoms with E-state index in [1.165, 1.54) is 109 Å². The van der Waals surface area contributed by atoms with Gasteiger partial charge >= 0.3 is 5.97 Å². The molecule has 0 spiro atoms. The molecule has 0 atom stereocenters. The maximum Gasteiger partial charge on any atom is 0.305 e. The Morgan fingerprint density at radius 3 is 1.16 bits per heavy atom. The first-order valence-corrected chi connectivity index (χ1v) is 29.4. The third-order valence-corrected chi connectivity index (χ3v) is 12.5. The van der Waals surface area contributed by atoms with Gasteiger partial charge in [0, 0.05) is 25.9 Å². The van der Waals surface area contributed by atoms with E-state index in [1.54, 1.807) is 0 Å². The summed E-state index contributed by atoms with van der Waals surface area (Å²) in [7, 11) is 0. The quantitative estimate of drug-likeness (QED) is 0.0210. The van der Waals surface area contributed by atoms with E-state index in [4.69, 9.17) is 28.4 Å². The van der Waals surface area contributed by atoms with Gasteiger partial charge in [-0.25, -0.2) is 0 Å². The molecule has 70 heavy (non-hydrogen) atoms. The number of unbranched alkanes of at least 4 members (excludes halogenated alkanes) is 23. The Bertz CT molecular complexity index is 1070. The zero-order valence-corrected chi connectivity index (χ0v) is 46.3. The predicted molar refractivity (Wildman–Crippen MR) is 297 cm³/mol. The Hall–Kier alpha value is -2.27. The van der Waals surface area contributed by atoms with Crippen LogP contribution < -0.4 is 0 Å². The van der Waals surface area contributed by atoms with Crippen LogP contribution in [0.15, 0.2) is 60.9 Å². The number of carbonyl (C=O) groups excluding carboxylic acids is 1. The molecule has 0 aliphatic rings. The van der Waals surface area contributed by atoms with Crippen LogP contribution in [0.3, 0.4) is 0 Å². The Morgan fingerprint density at radius 1 is 0.429 bits per heavy atom. The van der Waals surface area contributed by atoms with Crippen molar-refractivity contribution in [3.8, 4) is 0 Å². The minimum atomic E-state index is -0.428. The molecular weight excluding hydrogens is 875 g/mol. The largest absolute Gasteiger partial charge is 0.499 e. The highest BCUT2D eigenvalue weighted by molar-refractivity contribution is 5.69. The fourth-order valence-corrected chi connectivity index (χ4v) is 8.01. The van der Waals surface area contributed by atoms with Crippen molar-refractivity contribution in [1.29, 1.82) is 0 Å². The lowest BCUT2D eigenvalue weighted by Gasteiger charge is -2.22. The van der Waals surface area contributed by atoms with Crippen LogP contribution in [0.4, 0.5) is 0 Å². The summed E-state index contributed by atoms with van der Waals surface area (Å²) in [6.45, 7) is 19.9. The average Bonchev–Trinajstić information content (AvgIpc) is 3.36. The molecule has 410 valence electrons. The lowest BCUT2D eigenvalue weighted by Crippen LogP contribution is -2.27. The van der Waals surface area contributed by atoms with Crippen LogP contribution in [-0.4, -0.2) is 94.4 Å². The number of esters is 1. The highest BCUT2D eigenvalue weighted by Crippen LogP contribution is 2.15. The van der Waals surface area contributed by atoms with Gasteiger partial charge in [0.2, 0.25) is 0 Å². The van der Waals surface area contributed by atoms with Gasteiger partial charge in [0.15, 0.2) is 12.6 Å². The summed E-state index contributed by atoms with van der Waals surface area (Å²) in [4.78, 5) is 15.2. The first-order chi connectivity index (χ1) is 34.5. The number of aliphatic hydroxyl groups excluding tert-OH is 1. The van der Waals surface area contributed by atoms with Gasteiger partial charge in [-0.2, -0.15) is 0 Å². The predicted octanol–water partition coefficient (Wildman–Crippen LogP) is 16.6. The first-order valence-electron chi connectivity index (χ1n) is 29.4. The van der Waals surface area contributed by atoms with Crippen molar-refractivity contribution < 1.29 is 38.3 Å². The molecule has 0 aromatic carbocycles. The van der Waals surface area contributed by atoms with E-state index in [0.29, 0.717) is 52.5 Å². The van der Waals surface area contributed by atoms with Gasteiger partial charge in [-0.05, 0) is 110 Å². The second kappa shape index (κ2) is 57.6. The number of hydrogen-bond acceptors (Lipinski definition) is 9. The average molecular weight is 989 g/mol. The van der Waals surface area contributed by atoms with E-state index < -0.39 is 6.29 Å². The van der Waals surface area contributed by atoms with Crippen molar-refractivity contribution >= 4 is 5.97 Å². The van der Waals surface area contributed by atoms with E-state index in [0.717, 1.165) is 122 Å². The molecule has 0 heterocycles. The molecule has 0 aliphatic heterocycles. The lowest BCUT2D eigenvalue weighted by atomic mass is 10.1. The molecule has 0 saturated heterocycles. The Labute approximate surface area is 433 Å². The molecular formula is C61H113NO8. The van der Waals surface area contributed by atoms with E-state index >= 15 is 0 Å². The maximum absolute atomic E-state index is 12.6. The third-order valence-electron chi connectivity index (χ3n) is 12.5. The molecule has 0 unspecified atom stereocenters. The van der Waals surface area contributed by atoms with Crippen LogP contribution in [0.5, 0.6) is 0 Å². The lowest BCUT2D eigenvalue weighted by molar-refractivity contribution is -0.153. The highest BCUT2D eigenvalue weighted by Gasteiger charge is 2.13. The van der Waals surface area contributed by atoms with E-state index in [1.807, 2.05) is 0 Å². The van der Waals surface area contributed by atoms with Crippen LogP contribution in [0.1, 0.15) is 246 Å².